The highest BCUT2D eigenvalue weighted by Gasteiger charge is 2.14. The number of hydrogen-bond acceptors (Lipinski definition) is 5. The predicted octanol–water partition coefficient (Wildman–Crippen LogP) is 2.16. The van der Waals surface area contributed by atoms with Gasteiger partial charge in [-0.25, -0.2) is 13.8 Å². The topological polar surface area (TPSA) is 82.2 Å². The fraction of sp³-hybridized carbons (Fsp3) is 0.150. The Morgan fingerprint density at radius 3 is 2.64 bits per heavy atom. The van der Waals surface area contributed by atoms with Crippen LogP contribution in [0.25, 0.3) is 16.6 Å². The van der Waals surface area contributed by atoms with E-state index in [1.807, 2.05) is 30.3 Å². The molecular weight excluding hydrogens is 363 g/mol. The van der Waals surface area contributed by atoms with Crippen LogP contribution in [-0.2, 0) is 6.54 Å². The Kier molecular flexibility index (Phi) is 4.86. The van der Waals surface area contributed by atoms with Crippen molar-refractivity contribution in [2.75, 3.05) is 6.61 Å². The average molecular weight is 380 g/mol. The molecule has 1 atom stereocenters. The van der Waals surface area contributed by atoms with Crippen LogP contribution < -0.4 is 10.3 Å². The lowest BCUT2D eigenvalue weighted by Gasteiger charge is -2.13. The molecule has 0 saturated heterocycles. The molecule has 2 heterocycles. The summed E-state index contributed by atoms with van der Waals surface area (Å²) < 4.78 is 21.6. The monoisotopic (exact) mass is 380 g/mol. The molecule has 0 aliphatic carbocycles. The number of aliphatic hydroxyl groups excluding tert-OH is 1. The first-order valence-electron chi connectivity index (χ1n) is 8.68. The molecule has 2 aromatic carbocycles. The number of halogens is 1. The van der Waals surface area contributed by atoms with E-state index < -0.39 is 17.5 Å². The zero-order valence-corrected chi connectivity index (χ0v) is 14.8. The van der Waals surface area contributed by atoms with E-state index in [0.29, 0.717) is 5.39 Å². The number of ether oxygens (including phenoxy) is 1. The molecule has 142 valence electrons. The molecule has 0 aliphatic heterocycles. The number of aromatic nitrogens is 4. The second kappa shape index (κ2) is 7.61. The molecule has 4 rings (SSSR count). The van der Waals surface area contributed by atoms with Gasteiger partial charge in [0.25, 0.3) is 5.56 Å². The maximum absolute atomic E-state index is 13.6. The van der Waals surface area contributed by atoms with E-state index in [0.717, 1.165) is 10.4 Å². The summed E-state index contributed by atoms with van der Waals surface area (Å²) in [5.41, 5.74) is 0.654. The number of benzene rings is 2. The van der Waals surface area contributed by atoms with E-state index >= 15 is 0 Å². The second-order valence-electron chi connectivity index (χ2n) is 6.24. The number of aliphatic hydroxyl groups is 1. The number of rotatable bonds is 6. The van der Waals surface area contributed by atoms with E-state index in [-0.39, 0.29) is 24.4 Å². The van der Waals surface area contributed by atoms with Gasteiger partial charge in [-0.05, 0) is 24.3 Å². The van der Waals surface area contributed by atoms with Gasteiger partial charge < -0.3 is 9.84 Å². The van der Waals surface area contributed by atoms with Crippen LogP contribution in [0, 0.1) is 5.82 Å². The molecule has 4 aromatic rings. The van der Waals surface area contributed by atoms with Crippen LogP contribution in [0.1, 0.15) is 0 Å². The second-order valence-corrected chi connectivity index (χ2v) is 6.24. The minimum atomic E-state index is -1.04. The summed E-state index contributed by atoms with van der Waals surface area (Å²) in [6.45, 7) is -0.271. The molecule has 0 saturated carbocycles. The molecule has 0 fully saturated rings. The maximum atomic E-state index is 13.6. The van der Waals surface area contributed by atoms with E-state index in [1.54, 1.807) is 23.0 Å². The summed E-state index contributed by atoms with van der Waals surface area (Å²) in [6, 6.07) is 15.3. The van der Waals surface area contributed by atoms with Crippen LogP contribution in [0.15, 0.2) is 71.8 Å². The van der Waals surface area contributed by atoms with Crippen molar-refractivity contribution in [1.29, 1.82) is 0 Å². The normalized spacial score (nSPS) is 12.2. The van der Waals surface area contributed by atoms with Gasteiger partial charge in [-0.3, -0.25) is 4.79 Å². The smallest absolute Gasteiger partial charge is 0.295 e. The van der Waals surface area contributed by atoms with Crippen molar-refractivity contribution in [3.05, 3.63) is 83.2 Å². The van der Waals surface area contributed by atoms with Crippen LogP contribution in [0.4, 0.5) is 4.39 Å². The summed E-state index contributed by atoms with van der Waals surface area (Å²) >= 11 is 0. The van der Waals surface area contributed by atoms with E-state index in [4.69, 9.17) is 4.74 Å². The van der Waals surface area contributed by atoms with Gasteiger partial charge in [0, 0.05) is 11.6 Å². The maximum Gasteiger partial charge on any atom is 0.295 e. The Labute approximate surface area is 159 Å². The number of nitrogens with zero attached hydrogens (tertiary/aromatic N) is 4. The van der Waals surface area contributed by atoms with Crippen molar-refractivity contribution >= 4 is 10.9 Å². The van der Waals surface area contributed by atoms with Crippen LogP contribution >= 0.6 is 0 Å². The molecule has 8 heteroatoms. The van der Waals surface area contributed by atoms with Gasteiger partial charge in [0.2, 0.25) is 0 Å². The fourth-order valence-electron chi connectivity index (χ4n) is 2.80. The Morgan fingerprint density at radius 2 is 1.86 bits per heavy atom. The van der Waals surface area contributed by atoms with Gasteiger partial charge in [-0.1, -0.05) is 30.3 Å². The van der Waals surface area contributed by atoms with Crippen molar-refractivity contribution in [3.8, 4) is 11.4 Å². The summed E-state index contributed by atoms with van der Waals surface area (Å²) in [5, 5.41) is 19.2. The van der Waals surface area contributed by atoms with Crippen LogP contribution in [0.2, 0.25) is 0 Å². The molecular formula is C20H17FN4O3. The minimum absolute atomic E-state index is 0.0407. The van der Waals surface area contributed by atoms with Crippen LogP contribution in [0.3, 0.4) is 0 Å². The summed E-state index contributed by atoms with van der Waals surface area (Å²) in [4.78, 5) is 12.6. The van der Waals surface area contributed by atoms with Gasteiger partial charge in [0.15, 0.2) is 17.1 Å². The lowest BCUT2D eigenvalue weighted by molar-refractivity contribution is 0.0862. The van der Waals surface area contributed by atoms with Crippen molar-refractivity contribution in [1.82, 2.24) is 19.6 Å². The van der Waals surface area contributed by atoms with Gasteiger partial charge in [0.05, 0.1) is 18.4 Å². The van der Waals surface area contributed by atoms with Crippen LogP contribution in [0.5, 0.6) is 5.75 Å². The van der Waals surface area contributed by atoms with Crippen molar-refractivity contribution in [3.63, 3.8) is 0 Å². The fourth-order valence-corrected chi connectivity index (χ4v) is 2.80. The molecule has 1 unspecified atom stereocenters. The highest BCUT2D eigenvalue weighted by Crippen LogP contribution is 2.16. The Hall–Kier alpha value is -3.52. The number of para-hydroxylation sites is 2. The molecule has 0 aliphatic rings. The average Bonchev–Trinajstić information content (AvgIpc) is 3.15. The number of hydrogen-bond donors (Lipinski definition) is 1. The van der Waals surface area contributed by atoms with Crippen molar-refractivity contribution < 1.29 is 14.2 Å². The van der Waals surface area contributed by atoms with Gasteiger partial charge >= 0.3 is 0 Å². The summed E-state index contributed by atoms with van der Waals surface area (Å²) in [6.07, 6.45) is 2.20. The zero-order chi connectivity index (χ0) is 19.5. The third-order valence-electron chi connectivity index (χ3n) is 4.19. The Bertz CT molecular complexity index is 1160. The van der Waals surface area contributed by atoms with Gasteiger partial charge in [0.1, 0.15) is 12.7 Å². The van der Waals surface area contributed by atoms with Crippen molar-refractivity contribution in [2.45, 2.75) is 12.6 Å². The summed E-state index contributed by atoms with van der Waals surface area (Å²) in [5.74, 6) is -0.475. The predicted molar refractivity (Wildman–Crippen MR) is 101 cm³/mol. The molecule has 0 bridgehead atoms. The standard InChI is InChI=1S/C20H17FN4O3/c21-17-8-4-5-9-18(17)28-13-16(26)12-25-20(27)19-14(10-22-25)11-24(23-19)15-6-2-1-3-7-15/h1-11,16,26H,12-13H2. The van der Waals surface area contributed by atoms with E-state index in [2.05, 4.69) is 10.2 Å². The largest absolute Gasteiger partial charge is 0.488 e. The Morgan fingerprint density at radius 1 is 1.11 bits per heavy atom. The molecule has 0 spiro atoms. The first-order valence-corrected chi connectivity index (χ1v) is 8.68. The molecule has 0 amide bonds. The third-order valence-corrected chi connectivity index (χ3v) is 4.19. The van der Waals surface area contributed by atoms with Crippen LogP contribution in [-0.4, -0.2) is 37.4 Å². The molecule has 7 nitrogen and oxygen atoms in total. The molecule has 2 aromatic heterocycles. The van der Waals surface area contributed by atoms with Crippen molar-refractivity contribution in [2.24, 2.45) is 0 Å². The van der Waals surface area contributed by atoms with Gasteiger partial charge in [-0.15, -0.1) is 0 Å². The molecule has 1 N–H and O–H groups in total. The SMILES string of the molecule is O=c1c2nn(-c3ccccc3)cc2cnn1CC(O)COc1ccccc1F. The van der Waals surface area contributed by atoms with E-state index in [9.17, 15) is 14.3 Å². The lowest BCUT2D eigenvalue weighted by Crippen LogP contribution is -2.32. The quantitative estimate of drug-likeness (QED) is 0.554. The highest BCUT2D eigenvalue weighted by molar-refractivity contribution is 5.76. The minimum Gasteiger partial charge on any atom is -0.488 e. The lowest BCUT2D eigenvalue weighted by atomic mass is 10.3. The zero-order valence-electron chi connectivity index (χ0n) is 14.8. The van der Waals surface area contributed by atoms with E-state index in [1.165, 1.54) is 18.3 Å². The molecule has 28 heavy (non-hydrogen) atoms. The highest BCUT2D eigenvalue weighted by atomic mass is 19.1. The first-order chi connectivity index (χ1) is 13.6. The number of fused-ring (bicyclic) bond motifs is 1. The summed E-state index contributed by atoms with van der Waals surface area (Å²) in [7, 11) is 0. The first kappa shape index (κ1) is 17.9. The van der Waals surface area contributed by atoms with Gasteiger partial charge in [-0.2, -0.15) is 10.2 Å². The third kappa shape index (κ3) is 3.63. The Balaban J connectivity index is 1.52. The molecule has 0 radical (unpaired) electrons.